The largest absolute Gasteiger partial charge is 0.335 e. The van der Waals surface area contributed by atoms with Gasteiger partial charge < -0.3 is 10.2 Å². The van der Waals surface area contributed by atoms with Crippen molar-refractivity contribution in [2.75, 3.05) is 13.1 Å². The molecule has 4 rings (SSSR count). The number of rotatable bonds is 3. The van der Waals surface area contributed by atoms with Crippen molar-refractivity contribution in [1.82, 2.24) is 20.0 Å². The van der Waals surface area contributed by atoms with E-state index in [0.717, 1.165) is 43.6 Å². The van der Waals surface area contributed by atoms with E-state index in [2.05, 4.69) is 15.3 Å². The van der Waals surface area contributed by atoms with Crippen molar-refractivity contribution in [3.63, 3.8) is 0 Å². The molecule has 2 aliphatic rings. The highest BCUT2D eigenvalue weighted by Gasteiger charge is 2.37. The lowest BCUT2D eigenvalue weighted by molar-refractivity contribution is -0.133. The molecule has 2 unspecified atom stereocenters. The van der Waals surface area contributed by atoms with Crippen LogP contribution < -0.4 is 5.32 Å². The minimum Gasteiger partial charge on any atom is -0.335 e. The van der Waals surface area contributed by atoms with Crippen LogP contribution in [0.25, 0.3) is 5.69 Å². The number of hydrogen-bond acceptors (Lipinski definition) is 3. The molecule has 1 N–H and O–H groups in total. The normalized spacial score (nSPS) is 22.8. The molecule has 2 aromatic rings. The molecule has 1 amide bonds. The maximum Gasteiger partial charge on any atom is 0.227 e. The SMILES string of the molecule is Cl.O=C(Cc1ccc(-n2cccn2)cc1)N1C2CCNCC1CC2. The van der Waals surface area contributed by atoms with E-state index in [0.29, 0.717) is 18.5 Å². The summed E-state index contributed by atoms with van der Waals surface area (Å²) in [5, 5.41) is 7.67. The van der Waals surface area contributed by atoms with Gasteiger partial charge in [-0.25, -0.2) is 4.68 Å². The molecule has 1 aromatic heterocycles. The summed E-state index contributed by atoms with van der Waals surface area (Å²) in [5.74, 6) is 0.271. The average molecular weight is 347 g/mol. The molecule has 0 radical (unpaired) electrons. The third-order valence-corrected chi connectivity index (χ3v) is 5.00. The van der Waals surface area contributed by atoms with Gasteiger partial charge in [0.05, 0.1) is 12.1 Å². The number of nitrogens with one attached hydrogen (secondary N) is 1. The predicted molar refractivity (Wildman–Crippen MR) is 95.7 cm³/mol. The van der Waals surface area contributed by atoms with Crippen molar-refractivity contribution >= 4 is 18.3 Å². The standard InChI is InChI=1S/C18H22N4O.ClH/c23-18(22-16-6-7-17(22)13-19-10-8-16)12-14-2-4-15(5-3-14)21-11-1-9-20-21;/h1-5,9,11,16-17,19H,6-8,10,12-13H2;1H. The first-order valence-electron chi connectivity index (χ1n) is 8.42. The van der Waals surface area contributed by atoms with Crippen molar-refractivity contribution in [3.05, 3.63) is 48.3 Å². The van der Waals surface area contributed by atoms with Crippen LogP contribution in [0.4, 0.5) is 0 Å². The number of aromatic nitrogens is 2. The fraction of sp³-hybridized carbons (Fsp3) is 0.444. The fourth-order valence-corrected chi connectivity index (χ4v) is 3.84. The molecular formula is C18H23ClN4O. The topological polar surface area (TPSA) is 50.2 Å². The highest BCUT2D eigenvalue weighted by Crippen LogP contribution is 2.28. The van der Waals surface area contributed by atoms with Crippen LogP contribution in [0.2, 0.25) is 0 Å². The molecule has 2 atom stereocenters. The summed E-state index contributed by atoms with van der Waals surface area (Å²) in [7, 11) is 0. The fourth-order valence-electron chi connectivity index (χ4n) is 3.84. The van der Waals surface area contributed by atoms with Crippen LogP contribution in [0, 0.1) is 0 Å². The Bertz CT molecular complexity index is 657. The van der Waals surface area contributed by atoms with Crippen molar-refractivity contribution in [3.8, 4) is 5.69 Å². The Morgan fingerprint density at radius 1 is 1.17 bits per heavy atom. The van der Waals surface area contributed by atoms with Gasteiger partial charge in [0.15, 0.2) is 0 Å². The van der Waals surface area contributed by atoms with E-state index >= 15 is 0 Å². The van der Waals surface area contributed by atoms with Gasteiger partial charge in [0, 0.05) is 31.0 Å². The predicted octanol–water partition coefficient (Wildman–Crippen LogP) is 2.19. The Hall–Kier alpha value is -1.85. The number of nitrogens with zero attached hydrogens (tertiary/aromatic N) is 3. The van der Waals surface area contributed by atoms with Gasteiger partial charge in [0.2, 0.25) is 5.91 Å². The third-order valence-electron chi connectivity index (χ3n) is 5.00. The van der Waals surface area contributed by atoms with Crippen molar-refractivity contribution in [2.45, 2.75) is 37.8 Å². The molecule has 0 spiro atoms. The number of benzene rings is 1. The smallest absolute Gasteiger partial charge is 0.227 e. The Balaban J connectivity index is 0.00000169. The number of amides is 1. The van der Waals surface area contributed by atoms with Gasteiger partial charge in [0.25, 0.3) is 0 Å². The second-order valence-electron chi connectivity index (χ2n) is 6.47. The average Bonchev–Trinajstić information content (AvgIpc) is 3.15. The molecular weight excluding hydrogens is 324 g/mol. The zero-order valence-corrected chi connectivity index (χ0v) is 14.4. The quantitative estimate of drug-likeness (QED) is 0.926. The molecule has 2 aliphatic heterocycles. The van der Waals surface area contributed by atoms with Gasteiger partial charge in [-0.15, -0.1) is 12.4 Å². The highest BCUT2D eigenvalue weighted by atomic mass is 35.5. The molecule has 0 saturated carbocycles. The molecule has 128 valence electrons. The van der Waals surface area contributed by atoms with E-state index in [1.165, 1.54) is 0 Å². The van der Waals surface area contributed by atoms with E-state index in [-0.39, 0.29) is 18.3 Å². The number of hydrogen-bond donors (Lipinski definition) is 1. The Kier molecular flexibility index (Phi) is 5.21. The lowest BCUT2D eigenvalue weighted by Crippen LogP contribution is -2.43. The molecule has 5 nitrogen and oxygen atoms in total. The Morgan fingerprint density at radius 2 is 1.96 bits per heavy atom. The second-order valence-corrected chi connectivity index (χ2v) is 6.47. The van der Waals surface area contributed by atoms with Gasteiger partial charge in [-0.3, -0.25) is 4.79 Å². The number of carbonyl (C=O) groups excluding carboxylic acids is 1. The number of carbonyl (C=O) groups is 1. The summed E-state index contributed by atoms with van der Waals surface area (Å²) in [6.45, 7) is 1.98. The summed E-state index contributed by atoms with van der Waals surface area (Å²) < 4.78 is 1.83. The van der Waals surface area contributed by atoms with Crippen LogP contribution in [0.5, 0.6) is 0 Å². The van der Waals surface area contributed by atoms with Crippen LogP contribution in [-0.2, 0) is 11.2 Å². The minimum atomic E-state index is 0. The minimum absolute atomic E-state index is 0. The number of fused-ring (bicyclic) bond motifs is 2. The van der Waals surface area contributed by atoms with Gasteiger partial charge in [-0.05, 0) is 49.6 Å². The van der Waals surface area contributed by atoms with Crippen LogP contribution in [0.3, 0.4) is 0 Å². The maximum absolute atomic E-state index is 12.8. The van der Waals surface area contributed by atoms with E-state index in [1.807, 2.05) is 41.2 Å². The van der Waals surface area contributed by atoms with Crippen LogP contribution in [0.1, 0.15) is 24.8 Å². The van der Waals surface area contributed by atoms with Gasteiger partial charge >= 0.3 is 0 Å². The third kappa shape index (κ3) is 3.32. The van der Waals surface area contributed by atoms with Gasteiger partial charge in [-0.2, -0.15) is 5.10 Å². The second kappa shape index (κ2) is 7.36. The zero-order valence-electron chi connectivity index (χ0n) is 13.6. The summed E-state index contributed by atoms with van der Waals surface area (Å²) in [6, 6.07) is 10.8. The molecule has 0 aliphatic carbocycles. The van der Waals surface area contributed by atoms with E-state index in [1.54, 1.807) is 6.20 Å². The molecule has 24 heavy (non-hydrogen) atoms. The zero-order chi connectivity index (χ0) is 15.6. The van der Waals surface area contributed by atoms with Gasteiger partial charge in [-0.1, -0.05) is 12.1 Å². The monoisotopic (exact) mass is 346 g/mol. The van der Waals surface area contributed by atoms with Crippen molar-refractivity contribution < 1.29 is 4.79 Å². The molecule has 2 bridgehead atoms. The lowest BCUT2D eigenvalue weighted by Gasteiger charge is -2.28. The molecule has 1 aromatic carbocycles. The molecule has 2 fully saturated rings. The van der Waals surface area contributed by atoms with Gasteiger partial charge in [0.1, 0.15) is 0 Å². The van der Waals surface area contributed by atoms with Crippen molar-refractivity contribution in [1.29, 1.82) is 0 Å². The highest BCUT2D eigenvalue weighted by molar-refractivity contribution is 5.85. The van der Waals surface area contributed by atoms with Crippen LogP contribution >= 0.6 is 12.4 Å². The van der Waals surface area contributed by atoms with Crippen molar-refractivity contribution in [2.24, 2.45) is 0 Å². The van der Waals surface area contributed by atoms with Crippen LogP contribution in [0.15, 0.2) is 42.7 Å². The van der Waals surface area contributed by atoms with E-state index in [9.17, 15) is 4.79 Å². The molecule has 2 saturated heterocycles. The van der Waals surface area contributed by atoms with E-state index in [4.69, 9.17) is 0 Å². The summed E-state index contributed by atoms with van der Waals surface area (Å²) in [6.07, 6.45) is 7.56. The maximum atomic E-state index is 12.8. The lowest BCUT2D eigenvalue weighted by atomic mass is 10.1. The first-order valence-corrected chi connectivity index (χ1v) is 8.42. The first-order chi connectivity index (χ1) is 11.3. The summed E-state index contributed by atoms with van der Waals surface area (Å²) in [4.78, 5) is 14.9. The summed E-state index contributed by atoms with van der Waals surface area (Å²) >= 11 is 0. The molecule has 3 heterocycles. The first kappa shape index (κ1) is 17.0. The van der Waals surface area contributed by atoms with Crippen LogP contribution in [-0.4, -0.2) is 45.8 Å². The number of halogens is 1. The van der Waals surface area contributed by atoms with E-state index < -0.39 is 0 Å². The Labute approximate surface area is 148 Å². The summed E-state index contributed by atoms with van der Waals surface area (Å²) in [5.41, 5.74) is 2.09. The Morgan fingerprint density at radius 3 is 2.71 bits per heavy atom. The molecule has 6 heteroatoms.